The molecule has 0 aliphatic rings. The Balaban J connectivity index is 2.21. The summed E-state index contributed by atoms with van der Waals surface area (Å²) >= 11 is 0. The van der Waals surface area contributed by atoms with Crippen molar-refractivity contribution < 1.29 is 19.8 Å². The van der Waals surface area contributed by atoms with Gasteiger partial charge in [0.15, 0.2) is 0 Å². The molecule has 0 fully saturated rings. The van der Waals surface area contributed by atoms with E-state index in [0.29, 0.717) is 18.4 Å². The molecule has 4 heteroatoms. The minimum atomic E-state index is -1.12. The van der Waals surface area contributed by atoms with Gasteiger partial charge in [-0.05, 0) is 43.0 Å². The average molecular weight is 284 g/mol. The summed E-state index contributed by atoms with van der Waals surface area (Å²) in [5.74, 6) is -2.22. The molecule has 0 aliphatic heterocycles. The van der Waals surface area contributed by atoms with Crippen LogP contribution >= 0.6 is 0 Å². The van der Waals surface area contributed by atoms with Crippen molar-refractivity contribution in [3.05, 3.63) is 70.3 Å². The Morgan fingerprint density at radius 3 is 2.14 bits per heavy atom. The summed E-state index contributed by atoms with van der Waals surface area (Å²) in [6, 6.07) is 12.3. The number of carboxylic acids is 2. The van der Waals surface area contributed by atoms with Crippen LogP contribution in [0.2, 0.25) is 0 Å². The highest BCUT2D eigenvalue weighted by atomic mass is 16.4. The second kappa shape index (κ2) is 6.22. The summed E-state index contributed by atoms with van der Waals surface area (Å²) in [7, 11) is 0. The predicted octanol–water partition coefficient (Wildman–Crippen LogP) is 3.18. The summed E-state index contributed by atoms with van der Waals surface area (Å²) in [5.41, 5.74) is 3.00. The van der Waals surface area contributed by atoms with E-state index >= 15 is 0 Å². The molecule has 108 valence electrons. The highest BCUT2D eigenvalue weighted by Crippen LogP contribution is 2.16. The molecule has 2 aromatic carbocycles. The highest BCUT2D eigenvalue weighted by Gasteiger charge is 2.13. The molecule has 0 aromatic heterocycles. The molecule has 0 aliphatic carbocycles. The van der Waals surface area contributed by atoms with Crippen LogP contribution < -0.4 is 0 Å². The number of hydrogen-bond acceptors (Lipinski definition) is 2. The first-order valence-corrected chi connectivity index (χ1v) is 6.62. The Morgan fingerprint density at radius 2 is 1.57 bits per heavy atom. The van der Waals surface area contributed by atoms with Crippen molar-refractivity contribution in [1.82, 2.24) is 0 Å². The summed E-state index contributed by atoms with van der Waals surface area (Å²) in [6.07, 6.45) is 1.28. The van der Waals surface area contributed by atoms with Crippen LogP contribution in [0.15, 0.2) is 42.5 Å². The van der Waals surface area contributed by atoms with Crippen molar-refractivity contribution in [3.63, 3.8) is 0 Å². The molecule has 0 atom stereocenters. The Kier molecular flexibility index (Phi) is 4.38. The molecule has 0 saturated carbocycles. The van der Waals surface area contributed by atoms with E-state index in [9.17, 15) is 14.7 Å². The molecule has 0 saturated heterocycles. The lowest BCUT2D eigenvalue weighted by Crippen LogP contribution is -2.07. The number of carbonyl (C=O) groups is 2. The number of hydrogen-bond donors (Lipinski definition) is 2. The Hall–Kier alpha value is -2.62. The molecule has 21 heavy (non-hydrogen) atoms. The zero-order valence-corrected chi connectivity index (χ0v) is 11.7. The van der Waals surface area contributed by atoms with Gasteiger partial charge in [0.2, 0.25) is 0 Å². The molecule has 2 N–H and O–H groups in total. The Labute approximate surface area is 122 Å². The maximum absolute atomic E-state index is 11.3. The number of benzene rings is 2. The third kappa shape index (κ3) is 3.69. The van der Waals surface area contributed by atoms with Crippen LogP contribution in [0.5, 0.6) is 0 Å². The zero-order valence-electron chi connectivity index (χ0n) is 11.7. The first-order chi connectivity index (χ1) is 9.97. The maximum Gasteiger partial charge on any atom is 0.335 e. The molecule has 0 bridgehead atoms. The van der Waals surface area contributed by atoms with Crippen LogP contribution in [0, 0.1) is 6.92 Å². The first kappa shape index (κ1) is 14.8. The van der Waals surface area contributed by atoms with Crippen LogP contribution in [-0.4, -0.2) is 22.2 Å². The fourth-order valence-electron chi connectivity index (χ4n) is 2.16. The maximum atomic E-state index is 11.3. The van der Waals surface area contributed by atoms with Crippen LogP contribution in [0.1, 0.15) is 37.4 Å². The van der Waals surface area contributed by atoms with Crippen LogP contribution in [-0.2, 0) is 12.8 Å². The monoisotopic (exact) mass is 284 g/mol. The van der Waals surface area contributed by atoms with E-state index in [1.807, 2.05) is 31.2 Å². The fraction of sp³-hybridized carbons (Fsp3) is 0.176. The van der Waals surface area contributed by atoms with Crippen molar-refractivity contribution in [1.29, 1.82) is 0 Å². The zero-order chi connectivity index (χ0) is 15.4. The molecule has 0 radical (unpaired) electrons. The van der Waals surface area contributed by atoms with Gasteiger partial charge in [-0.3, -0.25) is 0 Å². The lowest BCUT2D eigenvalue weighted by Gasteiger charge is -2.08. The average Bonchev–Trinajstić information content (AvgIpc) is 2.46. The third-order valence-corrected chi connectivity index (χ3v) is 3.39. The van der Waals surface area contributed by atoms with Crippen molar-refractivity contribution in [3.8, 4) is 0 Å². The van der Waals surface area contributed by atoms with E-state index < -0.39 is 11.9 Å². The Bertz CT molecular complexity index is 672. The highest BCUT2D eigenvalue weighted by molar-refractivity contribution is 5.94. The van der Waals surface area contributed by atoms with Gasteiger partial charge in [0.25, 0.3) is 0 Å². The first-order valence-electron chi connectivity index (χ1n) is 6.62. The van der Waals surface area contributed by atoms with Crippen molar-refractivity contribution in [2.75, 3.05) is 0 Å². The van der Waals surface area contributed by atoms with Gasteiger partial charge in [0.05, 0.1) is 11.1 Å². The topological polar surface area (TPSA) is 74.6 Å². The summed E-state index contributed by atoms with van der Waals surface area (Å²) in [4.78, 5) is 22.2. The number of aryl methyl sites for hydroxylation is 3. The van der Waals surface area contributed by atoms with Gasteiger partial charge in [-0.15, -0.1) is 0 Å². The van der Waals surface area contributed by atoms with E-state index in [2.05, 4.69) is 0 Å². The molecular formula is C17H16O4. The van der Waals surface area contributed by atoms with Gasteiger partial charge in [-0.1, -0.05) is 35.9 Å². The largest absolute Gasteiger partial charge is 0.478 e. The minimum absolute atomic E-state index is 0.00788. The standard InChI is InChI=1S/C17H16O4/c1-11-2-4-12(5-3-11)6-7-13-8-9-14(16(18)19)10-15(13)17(20)21/h2-5,8-10H,6-7H2,1H3,(H,18,19)(H,20,21). The van der Waals surface area contributed by atoms with Gasteiger partial charge in [-0.2, -0.15) is 0 Å². The van der Waals surface area contributed by atoms with Crippen LogP contribution in [0.25, 0.3) is 0 Å². The van der Waals surface area contributed by atoms with Gasteiger partial charge < -0.3 is 10.2 Å². The van der Waals surface area contributed by atoms with E-state index in [0.717, 1.165) is 5.56 Å². The van der Waals surface area contributed by atoms with Crippen molar-refractivity contribution >= 4 is 11.9 Å². The summed E-state index contributed by atoms with van der Waals surface area (Å²) < 4.78 is 0. The van der Waals surface area contributed by atoms with Gasteiger partial charge >= 0.3 is 11.9 Å². The normalized spacial score (nSPS) is 10.3. The second-order valence-electron chi connectivity index (χ2n) is 4.97. The third-order valence-electron chi connectivity index (χ3n) is 3.39. The van der Waals surface area contributed by atoms with Crippen molar-refractivity contribution in [2.45, 2.75) is 19.8 Å². The van der Waals surface area contributed by atoms with E-state index in [1.54, 1.807) is 6.07 Å². The van der Waals surface area contributed by atoms with E-state index in [4.69, 9.17) is 5.11 Å². The van der Waals surface area contributed by atoms with Gasteiger partial charge in [-0.25, -0.2) is 9.59 Å². The summed E-state index contributed by atoms with van der Waals surface area (Å²) in [5, 5.41) is 18.1. The van der Waals surface area contributed by atoms with Crippen molar-refractivity contribution in [2.24, 2.45) is 0 Å². The predicted molar refractivity (Wildman–Crippen MR) is 78.9 cm³/mol. The second-order valence-corrected chi connectivity index (χ2v) is 4.97. The number of carboxylic acid groups (broad SMARTS) is 2. The Morgan fingerprint density at radius 1 is 0.905 bits per heavy atom. The quantitative estimate of drug-likeness (QED) is 0.884. The molecule has 0 heterocycles. The van der Waals surface area contributed by atoms with E-state index in [1.165, 1.54) is 17.7 Å². The van der Waals surface area contributed by atoms with Gasteiger partial charge in [0.1, 0.15) is 0 Å². The van der Waals surface area contributed by atoms with Gasteiger partial charge in [0, 0.05) is 0 Å². The SMILES string of the molecule is Cc1ccc(CCc2ccc(C(=O)O)cc2C(=O)O)cc1. The molecule has 4 nitrogen and oxygen atoms in total. The molecular weight excluding hydrogens is 268 g/mol. The fourth-order valence-corrected chi connectivity index (χ4v) is 2.16. The van der Waals surface area contributed by atoms with Crippen LogP contribution in [0.4, 0.5) is 0 Å². The lowest BCUT2D eigenvalue weighted by atomic mass is 9.97. The summed E-state index contributed by atoms with van der Waals surface area (Å²) in [6.45, 7) is 2.01. The van der Waals surface area contributed by atoms with E-state index in [-0.39, 0.29) is 11.1 Å². The molecule has 0 spiro atoms. The lowest BCUT2D eigenvalue weighted by molar-refractivity contribution is 0.0695. The van der Waals surface area contributed by atoms with Crippen LogP contribution in [0.3, 0.4) is 0 Å². The number of aromatic carboxylic acids is 2. The molecule has 0 unspecified atom stereocenters. The minimum Gasteiger partial charge on any atom is -0.478 e. The smallest absolute Gasteiger partial charge is 0.335 e. The molecule has 2 rings (SSSR count). The number of rotatable bonds is 5. The molecule has 0 amide bonds. The molecule has 2 aromatic rings.